The van der Waals surface area contributed by atoms with E-state index in [2.05, 4.69) is 22.3 Å². The van der Waals surface area contributed by atoms with Gasteiger partial charge in [0.15, 0.2) is 17.3 Å². The van der Waals surface area contributed by atoms with Gasteiger partial charge in [-0.25, -0.2) is 4.79 Å². The molecule has 10 heteroatoms. The predicted molar refractivity (Wildman–Crippen MR) is 140 cm³/mol. The van der Waals surface area contributed by atoms with Crippen LogP contribution < -0.4 is 19.1 Å². The summed E-state index contributed by atoms with van der Waals surface area (Å²) in [5, 5.41) is 12.2. The number of hydrogen-bond donors (Lipinski definition) is 0. The summed E-state index contributed by atoms with van der Waals surface area (Å²) in [6.07, 6.45) is 4.65. The van der Waals surface area contributed by atoms with Crippen LogP contribution in [0, 0.1) is 0 Å². The van der Waals surface area contributed by atoms with Crippen molar-refractivity contribution in [3.8, 4) is 17.2 Å². The third-order valence-corrected chi connectivity index (χ3v) is 6.40. The molecular formula is C27H36N6O4. The second kappa shape index (κ2) is 12.4. The van der Waals surface area contributed by atoms with Crippen LogP contribution in [0.4, 0.5) is 10.5 Å². The first-order valence-corrected chi connectivity index (χ1v) is 12.8. The maximum Gasteiger partial charge on any atom is 0.324 e. The molecule has 1 aliphatic heterocycles. The van der Waals surface area contributed by atoms with Crippen LogP contribution in [0.5, 0.6) is 17.2 Å². The van der Waals surface area contributed by atoms with Gasteiger partial charge < -0.3 is 19.1 Å². The van der Waals surface area contributed by atoms with Gasteiger partial charge in [0, 0.05) is 36.8 Å². The summed E-state index contributed by atoms with van der Waals surface area (Å²) in [7, 11) is 5.02. The number of carbonyl (C=O) groups is 1. The highest BCUT2D eigenvalue weighted by atomic mass is 16.5. The average Bonchev–Trinajstić information content (AvgIpc) is 3.32. The van der Waals surface area contributed by atoms with E-state index in [1.807, 2.05) is 46.2 Å². The molecule has 0 radical (unpaired) electrons. The molecule has 0 aliphatic carbocycles. The van der Waals surface area contributed by atoms with Crippen LogP contribution >= 0.6 is 0 Å². The van der Waals surface area contributed by atoms with Gasteiger partial charge in [-0.2, -0.15) is 4.80 Å². The number of hydrogen-bond acceptors (Lipinski definition) is 7. The number of ether oxygens (including phenoxy) is 3. The minimum absolute atomic E-state index is 0.0387. The molecule has 0 saturated carbocycles. The molecule has 3 aromatic rings. The molecule has 1 aliphatic rings. The van der Waals surface area contributed by atoms with Gasteiger partial charge >= 0.3 is 6.03 Å². The third kappa shape index (κ3) is 6.49. The number of benzene rings is 2. The Morgan fingerprint density at radius 1 is 0.973 bits per heavy atom. The molecule has 1 fully saturated rings. The largest absolute Gasteiger partial charge is 0.496 e. The van der Waals surface area contributed by atoms with Crippen LogP contribution in [0.2, 0.25) is 0 Å². The molecule has 198 valence electrons. The SMILES string of the molecule is CCCCCOc1cc(N2CCCN(Cc3ccc(Cc4nnn(C)n4)cc3OC)C2=O)ccc1OC. The predicted octanol–water partition coefficient (Wildman–Crippen LogP) is 4.22. The number of rotatable bonds is 12. The van der Waals surface area contributed by atoms with E-state index >= 15 is 0 Å². The van der Waals surface area contributed by atoms with Crippen LogP contribution in [0.3, 0.4) is 0 Å². The quantitative estimate of drug-likeness (QED) is 0.338. The number of aromatic nitrogens is 4. The van der Waals surface area contributed by atoms with Gasteiger partial charge in [-0.15, -0.1) is 10.2 Å². The number of unbranched alkanes of at least 4 members (excludes halogenated alkanes) is 2. The molecule has 1 saturated heterocycles. The van der Waals surface area contributed by atoms with Crippen LogP contribution in [0.15, 0.2) is 36.4 Å². The summed E-state index contributed by atoms with van der Waals surface area (Å²) in [6.45, 7) is 4.57. The molecule has 0 unspecified atom stereocenters. The van der Waals surface area contributed by atoms with E-state index in [1.54, 1.807) is 21.3 Å². The average molecular weight is 509 g/mol. The topological polar surface area (TPSA) is 94.8 Å². The summed E-state index contributed by atoms with van der Waals surface area (Å²) in [4.78, 5) is 18.6. The first kappa shape index (κ1) is 26.2. The second-order valence-electron chi connectivity index (χ2n) is 9.12. The Labute approximate surface area is 218 Å². The fourth-order valence-corrected chi connectivity index (χ4v) is 4.46. The number of methoxy groups -OCH3 is 2. The number of urea groups is 1. The third-order valence-electron chi connectivity index (χ3n) is 6.40. The second-order valence-corrected chi connectivity index (χ2v) is 9.12. The highest BCUT2D eigenvalue weighted by Gasteiger charge is 2.28. The van der Waals surface area contributed by atoms with Crippen LogP contribution in [-0.2, 0) is 20.0 Å². The lowest BCUT2D eigenvalue weighted by molar-refractivity contribution is 0.191. The molecule has 10 nitrogen and oxygen atoms in total. The van der Waals surface area contributed by atoms with Gasteiger partial charge in [0.25, 0.3) is 0 Å². The van der Waals surface area contributed by atoms with Crippen molar-refractivity contribution in [3.05, 3.63) is 53.3 Å². The standard InChI is InChI=1S/C27H36N6O4/c1-5-6-7-15-37-25-18-22(11-12-23(25)35-3)33-14-8-13-32(27(33)34)19-21-10-9-20(16-24(21)36-4)17-26-28-30-31(2)29-26/h9-12,16,18H,5-8,13-15,17,19H2,1-4H3. The smallest absolute Gasteiger partial charge is 0.324 e. The highest BCUT2D eigenvalue weighted by Crippen LogP contribution is 2.34. The zero-order valence-electron chi connectivity index (χ0n) is 22.1. The molecule has 37 heavy (non-hydrogen) atoms. The molecular weight excluding hydrogens is 472 g/mol. The van der Waals surface area contributed by atoms with Gasteiger partial charge in [-0.1, -0.05) is 31.9 Å². The zero-order chi connectivity index (χ0) is 26.2. The van der Waals surface area contributed by atoms with E-state index in [4.69, 9.17) is 14.2 Å². The van der Waals surface area contributed by atoms with Crippen molar-refractivity contribution >= 4 is 11.7 Å². The molecule has 2 heterocycles. The highest BCUT2D eigenvalue weighted by molar-refractivity contribution is 5.93. The monoisotopic (exact) mass is 508 g/mol. The lowest BCUT2D eigenvalue weighted by Gasteiger charge is -2.36. The van der Waals surface area contributed by atoms with E-state index in [1.165, 1.54) is 4.80 Å². The van der Waals surface area contributed by atoms with E-state index < -0.39 is 0 Å². The first-order chi connectivity index (χ1) is 18.0. The fourth-order valence-electron chi connectivity index (χ4n) is 4.46. The number of anilines is 1. The van der Waals surface area contributed by atoms with Gasteiger partial charge in [0.05, 0.1) is 34.4 Å². The molecule has 0 bridgehead atoms. The van der Waals surface area contributed by atoms with E-state index in [9.17, 15) is 4.79 Å². The lowest BCUT2D eigenvalue weighted by atomic mass is 10.1. The Balaban J connectivity index is 1.47. The van der Waals surface area contributed by atoms with Crippen molar-refractivity contribution < 1.29 is 19.0 Å². The van der Waals surface area contributed by atoms with Gasteiger partial charge in [0.2, 0.25) is 0 Å². The number of nitrogens with zero attached hydrogens (tertiary/aromatic N) is 6. The molecule has 1 aromatic heterocycles. The van der Waals surface area contributed by atoms with Crippen molar-refractivity contribution in [2.75, 3.05) is 38.8 Å². The van der Waals surface area contributed by atoms with Crippen LogP contribution in [-0.4, -0.2) is 65.1 Å². The molecule has 0 N–H and O–H groups in total. The summed E-state index contributed by atoms with van der Waals surface area (Å²) >= 11 is 0. The lowest BCUT2D eigenvalue weighted by Crippen LogP contribution is -2.49. The molecule has 4 rings (SSSR count). The van der Waals surface area contributed by atoms with Crippen molar-refractivity contribution in [2.45, 2.75) is 45.6 Å². The Bertz CT molecular complexity index is 1200. The minimum atomic E-state index is -0.0387. The van der Waals surface area contributed by atoms with E-state index in [0.717, 1.165) is 48.2 Å². The number of tetrazole rings is 1. The van der Waals surface area contributed by atoms with E-state index in [-0.39, 0.29) is 6.03 Å². The number of aryl methyl sites for hydroxylation is 1. The fraction of sp³-hybridized carbons (Fsp3) is 0.481. The van der Waals surface area contributed by atoms with Crippen molar-refractivity contribution in [2.24, 2.45) is 7.05 Å². The molecule has 2 aromatic carbocycles. The normalized spacial score (nSPS) is 13.7. The Hall–Kier alpha value is -3.82. The van der Waals surface area contributed by atoms with Gasteiger partial charge in [0.1, 0.15) is 5.75 Å². The molecule has 2 amide bonds. The summed E-state index contributed by atoms with van der Waals surface area (Å²) in [5.41, 5.74) is 2.77. The van der Waals surface area contributed by atoms with Gasteiger partial charge in [-0.05, 0) is 41.8 Å². The Kier molecular flexibility index (Phi) is 8.81. The minimum Gasteiger partial charge on any atom is -0.496 e. The van der Waals surface area contributed by atoms with Gasteiger partial charge in [-0.3, -0.25) is 4.90 Å². The molecule has 0 spiro atoms. The maximum absolute atomic E-state index is 13.5. The summed E-state index contributed by atoms with van der Waals surface area (Å²) in [6, 6.07) is 11.6. The Morgan fingerprint density at radius 2 is 1.81 bits per heavy atom. The summed E-state index contributed by atoms with van der Waals surface area (Å²) < 4.78 is 17.1. The zero-order valence-corrected chi connectivity index (χ0v) is 22.1. The van der Waals surface area contributed by atoms with Crippen LogP contribution in [0.1, 0.15) is 49.6 Å². The number of amides is 2. The first-order valence-electron chi connectivity index (χ1n) is 12.8. The Morgan fingerprint density at radius 3 is 2.54 bits per heavy atom. The van der Waals surface area contributed by atoms with Crippen molar-refractivity contribution in [3.63, 3.8) is 0 Å². The molecule has 0 atom stereocenters. The van der Waals surface area contributed by atoms with Crippen LogP contribution in [0.25, 0.3) is 0 Å². The van der Waals surface area contributed by atoms with Crippen molar-refractivity contribution in [1.29, 1.82) is 0 Å². The summed E-state index contributed by atoms with van der Waals surface area (Å²) in [5.74, 6) is 2.71. The number of carbonyl (C=O) groups excluding carboxylic acids is 1. The van der Waals surface area contributed by atoms with Crippen molar-refractivity contribution in [1.82, 2.24) is 25.1 Å². The van der Waals surface area contributed by atoms with E-state index in [0.29, 0.717) is 50.0 Å². The maximum atomic E-state index is 13.5.